The average molecular weight is 1570 g/mol. The van der Waals surface area contributed by atoms with Crippen molar-refractivity contribution in [3.8, 4) is 0 Å². The zero-order valence-electron chi connectivity index (χ0n) is 79.1. The van der Waals surface area contributed by atoms with Gasteiger partial charge in [-0.25, -0.2) is 0 Å². The summed E-state index contributed by atoms with van der Waals surface area (Å²) in [5.74, 6) is 0.554. The molecule has 0 aromatic heterocycles. The van der Waals surface area contributed by atoms with Gasteiger partial charge in [0.15, 0.2) is 0 Å². The van der Waals surface area contributed by atoms with Gasteiger partial charge >= 0.3 is 8.80 Å². The van der Waals surface area contributed by atoms with Crippen LogP contribution in [0.25, 0.3) is 0 Å². The number of hydrogen-bond donors (Lipinski definition) is 0. The summed E-state index contributed by atoms with van der Waals surface area (Å²) in [6, 6.07) is 1.04. The molecule has 0 radical (unpaired) electrons. The molecule has 0 aliphatic heterocycles. The van der Waals surface area contributed by atoms with Gasteiger partial charge in [-0.2, -0.15) is 0 Å². The average Bonchev–Trinajstić information content (AvgIpc) is 0.744. The Morgan fingerprint density at radius 2 is 0.364 bits per heavy atom. The molecule has 0 aromatic carbocycles. The minimum atomic E-state index is -3.55. The molecule has 0 saturated heterocycles. The Labute approximate surface area is 700 Å². The molecule has 0 N–H and O–H groups in total. The molecule has 110 heavy (non-hydrogen) atoms. The highest BCUT2D eigenvalue weighted by molar-refractivity contribution is 6.61. The van der Waals surface area contributed by atoms with Crippen molar-refractivity contribution in [3.05, 3.63) is 0 Å². The van der Waals surface area contributed by atoms with Crippen LogP contribution in [-0.2, 0) is 13.3 Å². The maximum Gasteiger partial charge on any atom is 0.501 e. The zero-order valence-corrected chi connectivity index (χ0v) is 80.1. The van der Waals surface area contributed by atoms with Gasteiger partial charge in [-0.1, -0.05) is 576 Å². The van der Waals surface area contributed by atoms with E-state index < -0.39 is 8.80 Å². The van der Waals surface area contributed by atoms with E-state index in [1.54, 1.807) is 0 Å². The molecular weight excluding hydrogens is 1350 g/mol. The zero-order chi connectivity index (χ0) is 80.0. The van der Waals surface area contributed by atoms with Gasteiger partial charge in [0.25, 0.3) is 0 Å². The summed E-state index contributed by atoms with van der Waals surface area (Å²) < 4.78 is 27.4. The van der Waals surface area contributed by atoms with Crippen molar-refractivity contribution < 1.29 is 13.3 Å². The normalized spacial score (nSPS) is 13.0. The van der Waals surface area contributed by atoms with E-state index >= 15 is 0 Å². The Hall–Kier alpha value is 0.0969. The molecule has 0 heterocycles. The minimum Gasteiger partial charge on any atom is -0.374 e. The molecule has 662 valence electrons. The predicted molar refractivity (Wildman–Crippen MR) is 503 cm³/mol. The maximum absolute atomic E-state index is 9.62. The molecule has 1 unspecified atom stereocenters. The molecule has 0 amide bonds. The van der Waals surface area contributed by atoms with Crippen LogP contribution in [0, 0.1) is 11.3 Å². The van der Waals surface area contributed by atoms with Crippen LogP contribution >= 0.6 is 0 Å². The van der Waals surface area contributed by atoms with E-state index in [1.165, 1.54) is 571 Å². The lowest BCUT2D eigenvalue weighted by molar-refractivity contribution is -0.162. The number of unbranched alkanes of at least 4 members (excludes halogenated alkanes) is 70. The third-order valence-corrected chi connectivity index (χ3v) is 30.3. The standard InChI is InChI=1S/C106H216O3Si/c1-12-23-33-43-53-63-73-83-93-103(94-84-74-64-54-44-34-24-13-2)105(98-88-78-68-58-48-38-28-17-6,99-89-79-69-59-49-39-29-18-7)108-110(107-22-11,102-92-82-72-62-52-42-32-21-10)109-106(100-90-80-70-60-50-40-30-19-8,101-91-81-71-61-51-41-31-20-9)104(95-85-75-65-55-45-35-25-14-3,96-86-76-66-56-46-36-26-15-4)97-87-77-67-57-47-37-27-16-5/h103H,12-102H2,1-11H3. The molecule has 0 spiro atoms. The molecule has 1 atom stereocenters. The van der Waals surface area contributed by atoms with E-state index in [2.05, 4.69) is 76.2 Å². The van der Waals surface area contributed by atoms with E-state index in [-0.39, 0.29) is 16.6 Å². The van der Waals surface area contributed by atoms with Crippen molar-refractivity contribution >= 4 is 8.80 Å². The highest BCUT2D eigenvalue weighted by atomic mass is 28.4. The first-order chi connectivity index (χ1) is 54.2. The summed E-state index contributed by atoms with van der Waals surface area (Å²) in [6.07, 6.45) is 123. The Balaban J connectivity index is 9.75. The van der Waals surface area contributed by atoms with Crippen LogP contribution in [0.3, 0.4) is 0 Å². The second kappa shape index (κ2) is 86.9. The van der Waals surface area contributed by atoms with E-state index in [0.717, 1.165) is 12.7 Å². The Morgan fingerprint density at radius 1 is 0.182 bits per heavy atom. The minimum absolute atomic E-state index is 0.103. The monoisotopic (exact) mass is 1570 g/mol. The van der Waals surface area contributed by atoms with E-state index in [4.69, 9.17) is 4.43 Å². The van der Waals surface area contributed by atoms with Crippen LogP contribution in [0.1, 0.15) is 648 Å². The van der Waals surface area contributed by atoms with Crippen LogP contribution in [-0.4, -0.2) is 26.6 Å². The lowest BCUT2D eigenvalue weighted by atomic mass is 9.59. The fraction of sp³-hybridized carbons (Fsp3) is 1.00. The lowest BCUT2D eigenvalue weighted by Gasteiger charge is -2.57. The molecule has 0 saturated carbocycles. The molecule has 0 bridgehead atoms. The van der Waals surface area contributed by atoms with Crippen molar-refractivity contribution in [2.24, 2.45) is 11.3 Å². The Kier molecular flexibility index (Phi) is 87.0. The highest BCUT2D eigenvalue weighted by Crippen LogP contribution is 2.56. The van der Waals surface area contributed by atoms with Gasteiger partial charge < -0.3 is 13.3 Å². The van der Waals surface area contributed by atoms with Crippen molar-refractivity contribution in [1.29, 1.82) is 0 Å². The first-order valence-electron chi connectivity index (χ1n) is 53.3. The Bertz CT molecular complexity index is 1590. The second-order valence-electron chi connectivity index (χ2n) is 37.7. The maximum atomic E-state index is 9.62. The van der Waals surface area contributed by atoms with Gasteiger partial charge in [-0.05, 0) is 82.5 Å². The van der Waals surface area contributed by atoms with Gasteiger partial charge in [-0.15, -0.1) is 0 Å². The largest absolute Gasteiger partial charge is 0.501 e. The van der Waals surface area contributed by atoms with Gasteiger partial charge in [0, 0.05) is 12.7 Å². The van der Waals surface area contributed by atoms with Crippen molar-refractivity contribution in [2.45, 2.75) is 665 Å². The number of rotatable bonds is 98. The smallest absolute Gasteiger partial charge is 0.374 e. The van der Waals surface area contributed by atoms with Crippen molar-refractivity contribution in [1.82, 2.24) is 0 Å². The molecule has 0 aliphatic rings. The first-order valence-corrected chi connectivity index (χ1v) is 55.2. The van der Waals surface area contributed by atoms with E-state index in [0.29, 0.717) is 5.92 Å². The predicted octanol–water partition coefficient (Wildman–Crippen LogP) is 40.0. The first kappa shape index (κ1) is 110. The molecule has 0 aliphatic carbocycles. The lowest BCUT2D eigenvalue weighted by Crippen LogP contribution is -2.63. The van der Waals surface area contributed by atoms with E-state index in [1.807, 2.05) is 0 Å². The van der Waals surface area contributed by atoms with Gasteiger partial charge in [-0.3, -0.25) is 0 Å². The van der Waals surface area contributed by atoms with Crippen LogP contribution in [0.15, 0.2) is 0 Å². The summed E-state index contributed by atoms with van der Waals surface area (Å²) in [5.41, 5.74) is -0.394. The molecule has 4 heteroatoms. The van der Waals surface area contributed by atoms with Crippen LogP contribution in [0.5, 0.6) is 0 Å². The molecule has 0 aromatic rings. The van der Waals surface area contributed by atoms with Gasteiger partial charge in [0.05, 0.1) is 11.2 Å². The fourth-order valence-electron chi connectivity index (χ4n) is 19.9. The van der Waals surface area contributed by atoms with Gasteiger partial charge in [0.2, 0.25) is 0 Å². The molecule has 0 rings (SSSR count). The van der Waals surface area contributed by atoms with Crippen molar-refractivity contribution in [3.63, 3.8) is 0 Å². The topological polar surface area (TPSA) is 27.7 Å². The van der Waals surface area contributed by atoms with Crippen molar-refractivity contribution in [2.75, 3.05) is 6.61 Å². The fourth-order valence-corrected chi connectivity index (χ4v) is 23.6. The van der Waals surface area contributed by atoms with Gasteiger partial charge in [0.1, 0.15) is 0 Å². The molecule has 0 fully saturated rings. The quantitative estimate of drug-likeness (QED) is 0.0449. The van der Waals surface area contributed by atoms with Crippen LogP contribution in [0.2, 0.25) is 6.04 Å². The van der Waals surface area contributed by atoms with E-state index in [9.17, 15) is 8.85 Å². The SMILES string of the molecule is CCCCCCCCCCC(CCCCCCCCCC)C(CCCCCCCCCC)(CCCCCCCCCC)O[Si](CCCCCCCCCC)(OCC)OC(CCCCCCCCCC)(CCCCCCCCCC)C(CCCCCCCCCC)(CCCCCCCCCC)CCCCCCCCCC. The number of hydrogen-bond acceptors (Lipinski definition) is 3. The van der Waals surface area contributed by atoms with Crippen LogP contribution < -0.4 is 0 Å². The summed E-state index contributed by atoms with van der Waals surface area (Å²) in [5, 5.41) is 0. The third-order valence-electron chi connectivity index (χ3n) is 27.2. The summed E-state index contributed by atoms with van der Waals surface area (Å²) >= 11 is 0. The highest BCUT2D eigenvalue weighted by Gasteiger charge is 2.59. The summed E-state index contributed by atoms with van der Waals surface area (Å²) in [4.78, 5) is 0. The Morgan fingerprint density at radius 3 is 0.582 bits per heavy atom. The summed E-state index contributed by atoms with van der Waals surface area (Å²) in [7, 11) is -3.55. The second-order valence-corrected chi connectivity index (χ2v) is 40.2. The summed E-state index contributed by atoms with van der Waals surface area (Å²) in [6.45, 7) is 27.2. The molecular formula is C106H216O3Si. The molecule has 3 nitrogen and oxygen atoms in total. The van der Waals surface area contributed by atoms with Crippen LogP contribution in [0.4, 0.5) is 0 Å². The third kappa shape index (κ3) is 64.1.